The maximum Gasteiger partial charge on any atom is 0.252 e. The first-order chi connectivity index (χ1) is 12.8. The van der Waals surface area contributed by atoms with Crippen LogP contribution in [0.3, 0.4) is 0 Å². The summed E-state index contributed by atoms with van der Waals surface area (Å²) in [5.74, 6) is -0.116. The molecule has 2 N–H and O–H groups in total. The fraction of sp³-hybridized carbons (Fsp3) is 0.250. The van der Waals surface area contributed by atoms with E-state index in [1.54, 1.807) is 19.4 Å². The van der Waals surface area contributed by atoms with Gasteiger partial charge in [-0.3, -0.25) is 9.78 Å². The van der Waals surface area contributed by atoms with E-state index in [9.17, 15) is 4.79 Å². The fourth-order valence-electron chi connectivity index (χ4n) is 2.67. The molecule has 0 atom stereocenters. The molecule has 0 saturated heterocycles. The Morgan fingerprint density at radius 1 is 1.04 bits per heavy atom. The molecule has 0 fully saturated rings. The number of benzene rings is 1. The smallest absolute Gasteiger partial charge is 0.252 e. The Labute approximate surface area is 152 Å². The maximum atomic E-state index is 12.7. The van der Waals surface area contributed by atoms with Gasteiger partial charge in [0.2, 0.25) is 0 Å². The molecular weight excluding hydrogens is 328 g/mol. The Hall–Kier alpha value is -2.83. The molecule has 6 nitrogen and oxygen atoms in total. The molecule has 0 radical (unpaired) electrons. The van der Waals surface area contributed by atoms with Crippen molar-refractivity contribution in [1.29, 1.82) is 0 Å². The van der Waals surface area contributed by atoms with Crippen molar-refractivity contribution in [2.75, 3.05) is 33.4 Å². The van der Waals surface area contributed by atoms with Crippen molar-refractivity contribution in [2.45, 2.75) is 0 Å². The van der Waals surface area contributed by atoms with Crippen LogP contribution in [0.25, 0.3) is 22.3 Å². The van der Waals surface area contributed by atoms with E-state index >= 15 is 0 Å². The highest BCUT2D eigenvalue weighted by Crippen LogP contribution is 2.23. The van der Waals surface area contributed by atoms with Gasteiger partial charge in [0, 0.05) is 38.3 Å². The van der Waals surface area contributed by atoms with Crippen molar-refractivity contribution in [3.05, 3.63) is 60.3 Å². The lowest BCUT2D eigenvalue weighted by molar-refractivity contribution is 0.0955. The van der Waals surface area contributed by atoms with Crippen LogP contribution in [0.2, 0.25) is 0 Å². The zero-order valence-electron chi connectivity index (χ0n) is 14.7. The molecule has 0 aliphatic rings. The number of methoxy groups -OCH3 is 1. The number of aromatic nitrogens is 2. The van der Waals surface area contributed by atoms with Crippen molar-refractivity contribution in [1.82, 2.24) is 20.6 Å². The molecule has 26 heavy (non-hydrogen) atoms. The van der Waals surface area contributed by atoms with Crippen molar-refractivity contribution in [3.8, 4) is 11.4 Å². The number of fused-ring (bicyclic) bond motifs is 1. The predicted octanol–water partition coefficient (Wildman–Crippen LogP) is 2.26. The third-order valence-corrected chi connectivity index (χ3v) is 3.96. The van der Waals surface area contributed by atoms with Gasteiger partial charge in [0.05, 0.1) is 29.1 Å². The zero-order valence-corrected chi connectivity index (χ0v) is 14.7. The second-order valence-corrected chi connectivity index (χ2v) is 5.79. The van der Waals surface area contributed by atoms with Crippen LogP contribution in [0, 0.1) is 0 Å². The standard InChI is InChI=1S/C20H22N4O2/c1-26-13-12-21-10-11-23-20(25)16-14-19(18-8-4-5-9-22-18)24-17-7-3-2-6-15(16)17/h2-9,14,21H,10-13H2,1H3,(H,23,25). The quantitative estimate of drug-likeness (QED) is 0.610. The van der Waals surface area contributed by atoms with Crippen LogP contribution < -0.4 is 10.6 Å². The van der Waals surface area contributed by atoms with Crippen LogP contribution in [0.15, 0.2) is 54.7 Å². The van der Waals surface area contributed by atoms with E-state index in [-0.39, 0.29) is 5.91 Å². The minimum atomic E-state index is -0.116. The Morgan fingerprint density at radius 3 is 2.69 bits per heavy atom. The number of para-hydroxylation sites is 1. The number of hydrogen-bond acceptors (Lipinski definition) is 5. The highest BCUT2D eigenvalue weighted by molar-refractivity contribution is 6.07. The summed E-state index contributed by atoms with van der Waals surface area (Å²) >= 11 is 0. The van der Waals surface area contributed by atoms with Gasteiger partial charge < -0.3 is 15.4 Å². The van der Waals surface area contributed by atoms with Crippen LogP contribution in [0.5, 0.6) is 0 Å². The summed E-state index contributed by atoms with van der Waals surface area (Å²) in [7, 11) is 1.66. The first-order valence-corrected chi connectivity index (χ1v) is 8.58. The topological polar surface area (TPSA) is 76.1 Å². The summed E-state index contributed by atoms with van der Waals surface area (Å²) in [4.78, 5) is 21.7. The third kappa shape index (κ3) is 4.41. The van der Waals surface area contributed by atoms with Gasteiger partial charge in [-0.05, 0) is 24.3 Å². The van der Waals surface area contributed by atoms with Gasteiger partial charge in [0.25, 0.3) is 5.91 Å². The lowest BCUT2D eigenvalue weighted by Crippen LogP contribution is -2.33. The Morgan fingerprint density at radius 2 is 1.88 bits per heavy atom. The van der Waals surface area contributed by atoms with Crippen LogP contribution in [0.1, 0.15) is 10.4 Å². The number of carbonyl (C=O) groups is 1. The monoisotopic (exact) mass is 350 g/mol. The highest BCUT2D eigenvalue weighted by Gasteiger charge is 2.13. The van der Waals surface area contributed by atoms with Crippen molar-refractivity contribution >= 4 is 16.8 Å². The minimum Gasteiger partial charge on any atom is -0.383 e. The summed E-state index contributed by atoms with van der Waals surface area (Å²) in [5, 5.41) is 6.99. The first-order valence-electron chi connectivity index (χ1n) is 8.58. The fourth-order valence-corrected chi connectivity index (χ4v) is 2.67. The number of ether oxygens (including phenoxy) is 1. The summed E-state index contributed by atoms with van der Waals surface area (Å²) in [6.45, 7) is 2.63. The lowest BCUT2D eigenvalue weighted by atomic mass is 10.1. The van der Waals surface area contributed by atoms with E-state index in [0.717, 1.165) is 23.1 Å². The van der Waals surface area contributed by atoms with Gasteiger partial charge in [0.15, 0.2) is 0 Å². The van der Waals surface area contributed by atoms with Gasteiger partial charge in [0.1, 0.15) is 0 Å². The number of rotatable bonds is 8. The van der Waals surface area contributed by atoms with E-state index in [2.05, 4.69) is 20.6 Å². The van der Waals surface area contributed by atoms with Crippen LogP contribution in [-0.2, 0) is 4.74 Å². The third-order valence-electron chi connectivity index (χ3n) is 3.96. The number of nitrogens with zero attached hydrogens (tertiary/aromatic N) is 2. The zero-order chi connectivity index (χ0) is 18.2. The van der Waals surface area contributed by atoms with Gasteiger partial charge in [-0.25, -0.2) is 4.98 Å². The molecule has 0 bridgehead atoms. The van der Waals surface area contributed by atoms with E-state index < -0.39 is 0 Å². The summed E-state index contributed by atoms with van der Waals surface area (Å²) in [6, 6.07) is 15.1. The molecule has 0 saturated carbocycles. The molecule has 1 aromatic carbocycles. The molecule has 0 spiro atoms. The van der Waals surface area contributed by atoms with Gasteiger partial charge in [-0.1, -0.05) is 24.3 Å². The number of amides is 1. The second kappa shape index (κ2) is 9.03. The maximum absolute atomic E-state index is 12.7. The summed E-state index contributed by atoms with van der Waals surface area (Å²) in [5.41, 5.74) is 2.81. The molecule has 3 rings (SSSR count). The van der Waals surface area contributed by atoms with Gasteiger partial charge >= 0.3 is 0 Å². The number of carbonyl (C=O) groups excluding carboxylic acids is 1. The van der Waals surface area contributed by atoms with Crippen LogP contribution in [-0.4, -0.2) is 49.2 Å². The number of hydrogen-bond donors (Lipinski definition) is 2. The van der Waals surface area contributed by atoms with E-state index in [1.165, 1.54) is 0 Å². The van der Waals surface area contributed by atoms with Crippen molar-refractivity contribution in [3.63, 3.8) is 0 Å². The van der Waals surface area contributed by atoms with E-state index in [4.69, 9.17) is 4.74 Å². The molecule has 134 valence electrons. The first kappa shape index (κ1) is 18.0. The average Bonchev–Trinajstić information content (AvgIpc) is 2.70. The summed E-state index contributed by atoms with van der Waals surface area (Å²) in [6.07, 6.45) is 1.72. The normalized spacial score (nSPS) is 10.8. The number of nitrogens with one attached hydrogen (secondary N) is 2. The molecule has 0 aliphatic heterocycles. The molecular formula is C20H22N4O2. The largest absolute Gasteiger partial charge is 0.383 e. The molecule has 3 aromatic rings. The Kier molecular flexibility index (Phi) is 6.24. The van der Waals surface area contributed by atoms with Crippen molar-refractivity contribution < 1.29 is 9.53 Å². The molecule has 1 amide bonds. The SMILES string of the molecule is COCCNCCNC(=O)c1cc(-c2ccccn2)nc2ccccc12. The minimum absolute atomic E-state index is 0.116. The molecule has 2 aromatic heterocycles. The second-order valence-electron chi connectivity index (χ2n) is 5.79. The van der Waals surface area contributed by atoms with E-state index in [1.807, 2.05) is 42.5 Å². The van der Waals surface area contributed by atoms with E-state index in [0.29, 0.717) is 31.0 Å². The van der Waals surface area contributed by atoms with Gasteiger partial charge in [-0.15, -0.1) is 0 Å². The molecule has 2 heterocycles. The van der Waals surface area contributed by atoms with Gasteiger partial charge in [-0.2, -0.15) is 0 Å². The van der Waals surface area contributed by atoms with Crippen LogP contribution in [0.4, 0.5) is 0 Å². The predicted molar refractivity (Wildman–Crippen MR) is 102 cm³/mol. The average molecular weight is 350 g/mol. The Bertz CT molecular complexity index is 868. The molecule has 6 heteroatoms. The highest BCUT2D eigenvalue weighted by atomic mass is 16.5. The number of pyridine rings is 2. The molecule has 0 unspecified atom stereocenters. The molecule has 0 aliphatic carbocycles. The summed E-state index contributed by atoms with van der Waals surface area (Å²) < 4.78 is 4.98. The Balaban J connectivity index is 1.81. The van der Waals surface area contributed by atoms with Crippen LogP contribution >= 0.6 is 0 Å². The van der Waals surface area contributed by atoms with Crippen molar-refractivity contribution in [2.24, 2.45) is 0 Å². The lowest BCUT2D eigenvalue weighted by Gasteiger charge is -2.11.